The SMILES string of the molecule is Cc1c(F)cc(N)cc1S(=O)(=O)NC(C)c1ccsc1. The Morgan fingerprint density at radius 2 is 2.10 bits per heavy atom. The molecule has 0 aliphatic rings. The third-order valence-electron chi connectivity index (χ3n) is 2.98. The largest absolute Gasteiger partial charge is 0.399 e. The molecule has 1 heterocycles. The van der Waals surface area contributed by atoms with Gasteiger partial charge in [0, 0.05) is 17.3 Å². The molecule has 0 fully saturated rings. The van der Waals surface area contributed by atoms with E-state index < -0.39 is 21.9 Å². The lowest BCUT2D eigenvalue weighted by atomic mass is 10.2. The van der Waals surface area contributed by atoms with Crippen LogP contribution in [-0.4, -0.2) is 8.42 Å². The lowest BCUT2D eigenvalue weighted by Crippen LogP contribution is -2.27. The fourth-order valence-corrected chi connectivity index (χ4v) is 4.11. The summed E-state index contributed by atoms with van der Waals surface area (Å²) in [6.07, 6.45) is 0. The highest BCUT2D eigenvalue weighted by Gasteiger charge is 2.22. The average molecular weight is 314 g/mol. The number of nitrogens with one attached hydrogen (secondary N) is 1. The number of halogens is 1. The fraction of sp³-hybridized carbons (Fsp3) is 0.231. The minimum Gasteiger partial charge on any atom is -0.399 e. The fourth-order valence-electron chi connectivity index (χ4n) is 1.84. The Labute approximate surface area is 121 Å². The molecule has 7 heteroatoms. The number of nitrogens with two attached hydrogens (primary N) is 1. The Morgan fingerprint density at radius 3 is 2.70 bits per heavy atom. The van der Waals surface area contributed by atoms with E-state index >= 15 is 0 Å². The van der Waals surface area contributed by atoms with Crippen molar-refractivity contribution >= 4 is 27.0 Å². The summed E-state index contributed by atoms with van der Waals surface area (Å²) in [4.78, 5) is -0.128. The van der Waals surface area contributed by atoms with E-state index in [2.05, 4.69) is 4.72 Å². The molecular weight excluding hydrogens is 299 g/mol. The van der Waals surface area contributed by atoms with Gasteiger partial charge in [-0.15, -0.1) is 0 Å². The van der Waals surface area contributed by atoms with E-state index in [4.69, 9.17) is 5.73 Å². The maximum absolute atomic E-state index is 13.6. The second-order valence-electron chi connectivity index (χ2n) is 4.53. The van der Waals surface area contributed by atoms with Crippen LogP contribution < -0.4 is 10.5 Å². The number of nitrogen functional groups attached to an aromatic ring is 1. The van der Waals surface area contributed by atoms with E-state index in [1.54, 1.807) is 6.92 Å². The van der Waals surface area contributed by atoms with Crippen LogP contribution in [0.1, 0.15) is 24.1 Å². The zero-order valence-electron chi connectivity index (χ0n) is 11.1. The lowest BCUT2D eigenvalue weighted by Gasteiger charge is -2.15. The normalized spacial score (nSPS) is 13.3. The zero-order valence-corrected chi connectivity index (χ0v) is 12.7. The smallest absolute Gasteiger partial charge is 0.241 e. The highest BCUT2D eigenvalue weighted by Crippen LogP contribution is 2.24. The van der Waals surface area contributed by atoms with Gasteiger partial charge in [0.15, 0.2) is 0 Å². The second-order valence-corrected chi connectivity index (χ2v) is 6.99. The van der Waals surface area contributed by atoms with Gasteiger partial charge in [-0.3, -0.25) is 0 Å². The number of benzene rings is 1. The number of hydrogen-bond donors (Lipinski definition) is 2. The van der Waals surface area contributed by atoms with Crippen molar-refractivity contribution in [2.24, 2.45) is 0 Å². The Balaban J connectivity index is 2.36. The standard InChI is InChI=1S/C13H15FN2O2S2/c1-8-12(14)5-11(15)6-13(8)20(17,18)16-9(2)10-3-4-19-7-10/h3-7,9,16H,15H2,1-2H3. The van der Waals surface area contributed by atoms with Crippen LogP contribution >= 0.6 is 11.3 Å². The Hall–Kier alpha value is -1.44. The molecule has 1 atom stereocenters. The number of sulfonamides is 1. The first-order chi connectivity index (χ1) is 9.31. The molecule has 0 saturated heterocycles. The number of anilines is 1. The van der Waals surface area contributed by atoms with Crippen molar-refractivity contribution in [3.8, 4) is 0 Å². The van der Waals surface area contributed by atoms with E-state index in [0.29, 0.717) is 0 Å². The summed E-state index contributed by atoms with van der Waals surface area (Å²) >= 11 is 1.48. The van der Waals surface area contributed by atoms with Crippen LogP contribution in [0.5, 0.6) is 0 Å². The summed E-state index contributed by atoms with van der Waals surface area (Å²) in [6.45, 7) is 3.15. The topological polar surface area (TPSA) is 72.2 Å². The maximum Gasteiger partial charge on any atom is 0.241 e. The van der Waals surface area contributed by atoms with Gasteiger partial charge in [-0.2, -0.15) is 11.3 Å². The molecule has 3 N–H and O–H groups in total. The van der Waals surface area contributed by atoms with E-state index in [9.17, 15) is 12.8 Å². The van der Waals surface area contributed by atoms with Gasteiger partial charge in [-0.25, -0.2) is 17.5 Å². The Morgan fingerprint density at radius 1 is 1.40 bits per heavy atom. The van der Waals surface area contributed by atoms with Crippen molar-refractivity contribution in [3.05, 3.63) is 45.9 Å². The third kappa shape index (κ3) is 3.00. The monoisotopic (exact) mass is 314 g/mol. The van der Waals surface area contributed by atoms with Crippen LogP contribution in [-0.2, 0) is 10.0 Å². The molecule has 0 radical (unpaired) electrons. The first-order valence-electron chi connectivity index (χ1n) is 5.91. The maximum atomic E-state index is 13.6. The number of thiophene rings is 1. The van der Waals surface area contributed by atoms with Crippen molar-refractivity contribution in [3.63, 3.8) is 0 Å². The van der Waals surface area contributed by atoms with Crippen molar-refractivity contribution in [1.29, 1.82) is 0 Å². The molecular formula is C13H15FN2O2S2. The molecule has 2 aromatic rings. The van der Waals surface area contributed by atoms with Gasteiger partial charge in [-0.05, 0) is 48.4 Å². The van der Waals surface area contributed by atoms with Gasteiger partial charge in [-0.1, -0.05) is 0 Å². The molecule has 1 unspecified atom stereocenters. The van der Waals surface area contributed by atoms with Crippen LogP contribution in [0.3, 0.4) is 0 Å². The molecule has 4 nitrogen and oxygen atoms in total. The highest BCUT2D eigenvalue weighted by atomic mass is 32.2. The Bertz CT molecular complexity index is 712. The summed E-state index contributed by atoms with van der Waals surface area (Å²) in [5.41, 5.74) is 6.52. The number of rotatable bonds is 4. The van der Waals surface area contributed by atoms with E-state index in [1.807, 2.05) is 16.8 Å². The number of hydrogen-bond acceptors (Lipinski definition) is 4. The van der Waals surface area contributed by atoms with Crippen molar-refractivity contribution in [2.45, 2.75) is 24.8 Å². The zero-order chi connectivity index (χ0) is 14.9. The van der Waals surface area contributed by atoms with Crippen LogP contribution in [0.15, 0.2) is 33.9 Å². The molecule has 0 amide bonds. The van der Waals surface area contributed by atoms with Gasteiger partial charge in [0.05, 0.1) is 4.90 Å². The summed E-state index contributed by atoms with van der Waals surface area (Å²) in [5.74, 6) is -0.631. The summed E-state index contributed by atoms with van der Waals surface area (Å²) in [6, 6.07) is 3.82. The molecule has 1 aromatic heterocycles. The van der Waals surface area contributed by atoms with E-state index in [-0.39, 0.29) is 16.1 Å². The van der Waals surface area contributed by atoms with Gasteiger partial charge < -0.3 is 5.73 Å². The Kier molecular flexibility index (Phi) is 4.12. The molecule has 108 valence electrons. The molecule has 0 saturated carbocycles. The second kappa shape index (κ2) is 5.51. The van der Waals surface area contributed by atoms with Crippen molar-refractivity contribution in [2.75, 3.05) is 5.73 Å². The lowest BCUT2D eigenvalue weighted by molar-refractivity contribution is 0.562. The molecule has 2 rings (SSSR count). The molecule has 1 aromatic carbocycles. The summed E-state index contributed by atoms with van der Waals surface area (Å²) in [5, 5.41) is 3.73. The van der Waals surface area contributed by atoms with Gasteiger partial charge in [0.25, 0.3) is 0 Å². The van der Waals surface area contributed by atoms with Crippen LogP contribution in [0.4, 0.5) is 10.1 Å². The first kappa shape index (κ1) is 15.0. The van der Waals surface area contributed by atoms with Crippen LogP contribution in [0, 0.1) is 12.7 Å². The third-order valence-corrected chi connectivity index (χ3v) is 5.35. The van der Waals surface area contributed by atoms with Crippen molar-refractivity contribution < 1.29 is 12.8 Å². The summed E-state index contributed by atoms with van der Waals surface area (Å²) in [7, 11) is -3.83. The van der Waals surface area contributed by atoms with Gasteiger partial charge in [0.1, 0.15) is 5.82 Å². The predicted octanol–water partition coefficient (Wildman–Crippen LogP) is 2.82. The molecule has 0 bridgehead atoms. The molecule has 0 aliphatic carbocycles. The first-order valence-corrected chi connectivity index (χ1v) is 8.34. The summed E-state index contributed by atoms with van der Waals surface area (Å²) < 4.78 is 40.8. The highest BCUT2D eigenvalue weighted by molar-refractivity contribution is 7.89. The van der Waals surface area contributed by atoms with Gasteiger partial charge >= 0.3 is 0 Å². The van der Waals surface area contributed by atoms with Crippen LogP contribution in [0.2, 0.25) is 0 Å². The molecule has 0 spiro atoms. The van der Waals surface area contributed by atoms with Gasteiger partial charge in [0.2, 0.25) is 10.0 Å². The minimum absolute atomic E-state index is 0.0595. The quantitative estimate of drug-likeness (QED) is 0.852. The van der Waals surface area contributed by atoms with E-state index in [1.165, 1.54) is 24.3 Å². The van der Waals surface area contributed by atoms with Crippen LogP contribution in [0.25, 0.3) is 0 Å². The predicted molar refractivity (Wildman–Crippen MR) is 78.6 cm³/mol. The minimum atomic E-state index is -3.83. The molecule has 20 heavy (non-hydrogen) atoms. The average Bonchev–Trinajstić information content (AvgIpc) is 2.86. The van der Waals surface area contributed by atoms with E-state index in [0.717, 1.165) is 11.6 Å². The molecule has 0 aliphatic heterocycles. The van der Waals surface area contributed by atoms with Crippen molar-refractivity contribution in [1.82, 2.24) is 4.72 Å².